The molecule has 1 aliphatic heterocycles. The minimum Gasteiger partial charge on any atom is -0.481 e. The summed E-state index contributed by atoms with van der Waals surface area (Å²) in [5, 5.41) is 9.25. The molecule has 0 radical (unpaired) electrons. The van der Waals surface area contributed by atoms with Gasteiger partial charge in [-0.15, -0.1) is 0 Å². The monoisotopic (exact) mass is 201 g/mol. The maximum Gasteiger partial charge on any atom is 0.311 e. The van der Waals surface area contributed by atoms with E-state index >= 15 is 0 Å². The van der Waals surface area contributed by atoms with E-state index in [1.165, 1.54) is 0 Å². The largest absolute Gasteiger partial charge is 0.481 e. The molecule has 2 atom stereocenters. The fourth-order valence-corrected chi connectivity index (χ4v) is 1.98. The van der Waals surface area contributed by atoms with Gasteiger partial charge >= 0.3 is 5.97 Å². The third-order valence-electron chi connectivity index (χ3n) is 3.10. The zero-order chi connectivity index (χ0) is 10.6. The van der Waals surface area contributed by atoms with Gasteiger partial charge in [-0.05, 0) is 12.8 Å². The highest BCUT2D eigenvalue weighted by Crippen LogP contribution is 2.35. The second-order valence-corrected chi connectivity index (χ2v) is 4.00. The number of rotatable bonds is 4. The van der Waals surface area contributed by atoms with Crippen LogP contribution in [0.25, 0.3) is 0 Å². The van der Waals surface area contributed by atoms with Crippen molar-refractivity contribution in [2.75, 3.05) is 13.2 Å². The maximum absolute atomic E-state index is 11.3. The minimum atomic E-state index is -0.762. The first kappa shape index (κ1) is 11.5. The lowest BCUT2D eigenvalue weighted by Gasteiger charge is -2.38. The van der Waals surface area contributed by atoms with Gasteiger partial charge in [0.15, 0.2) is 0 Å². The fourth-order valence-electron chi connectivity index (χ4n) is 1.98. The molecule has 0 bridgehead atoms. The topological polar surface area (TPSA) is 72.5 Å². The van der Waals surface area contributed by atoms with Gasteiger partial charge in [0, 0.05) is 12.6 Å². The first-order valence-electron chi connectivity index (χ1n) is 5.20. The van der Waals surface area contributed by atoms with Gasteiger partial charge in [-0.3, -0.25) is 4.79 Å². The average Bonchev–Trinajstić information content (AvgIpc) is 2.16. The molecule has 0 aromatic rings. The number of carboxylic acids is 1. The highest BCUT2D eigenvalue weighted by molar-refractivity contribution is 5.75. The average molecular weight is 201 g/mol. The number of nitrogens with two attached hydrogens (primary N) is 1. The second kappa shape index (κ2) is 4.75. The lowest BCUT2D eigenvalue weighted by molar-refractivity contribution is -0.157. The molecule has 2 unspecified atom stereocenters. The van der Waals surface area contributed by atoms with E-state index in [4.69, 9.17) is 10.5 Å². The van der Waals surface area contributed by atoms with E-state index in [1.54, 1.807) is 0 Å². The highest BCUT2D eigenvalue weighted by atomic mass is 16.5. The quantitative estimate of drug-likeness (QED) is 0.711. The van der Waals surface area contributed by atoms with E-state index in [0.29, 0.717) is 26.1 Å². The fraction of sp³-hybridized carbons (Fsp3) is 0.900. The molecule has 0 spiro atoms. The summed E-state index contributed by atoms with van der Waals surface area (Å²) in [4.78, 5) is 11.3. The Morgan fingerprint density at radius 2 is 2.43 bits per heavy atom. The third kappa shape index (κ3) is 2.07. The van der Waals surface area contributed by atoms with Crippen LogP contribution in [0, 0.1) is 5.41 Å². The van der Waals surface area contributed by atoms with Crippen molar-refractivity contribution >= 4 is 5.97 Å². The van der Waals surface area contributed by atoms with Crippen LogP contribution in [0.4, 0.5) is 0 Å². The molecule has 0 aromatic carbocycles. The first-order valence-corrected chi connectivity index (χ1v) is 5.20. The molecular formula is C10H19NO3. The Labute approximate surface area is 84.4 Å². The number of carboxylic acid groups (broad SMARTS) is 1. The zero-order valence-electron chi connectivity index (χ0n) is 8.66. The Bertz CT molecular complexity index is 208. The third-order valence-corrected chi connectivity index (χ3v) is 3.10. The molecule has 1 heterocycles. The van der Waals surface area contributed by atoms with Crippen LogP contribution in [0.3, 0.4) is 0 Å². The van der Waals surface area contributed by atoms with Crippen LogP contribution in [-0.2, 0) is 9.53 Å². The Kier molecular flexibility index (Phi) is 3.89. The van der Waals surface area contributed by atoms with Crippen LogP contribution in [0.15, 0.2) is 0 Å². The van der Waals surface area contributed by atoms with Gasteiger partial charge in [-0.25, -0.2) is 0 Å². The van der Waals surface area contributed by atoms with Crippen molar-refractivity contribution in [3.63, 3.8) is 0 Å². The Balaban J connectivity index is 2.72. The molecule has 0 saturated carbocycles. The van der Waals surface area contributed by atoms with Crippen molar-refractivity contribution in [3.05, 3.63) is 0 Å². The molecule has 1 rings (SSSR count). The van der Waals surface area contributed by atoms with Crippen molar-refractivity contribution < 1.29 is 14.6 Å². The number of unbranched alkanes of at least 4 members (excludes halogenated alkanes) is 1. The Morgan fingerprint density at radius 3 is 2.93 bits per heavy atom. The summed E-state index contributed by atoms with van der Waals surface area (Å²) in [7, 11) is 0. The van der Waals surface area contributed by atoms with E-state index in [9.17, 15) is 9.90 Å². The number of carbonyl (C=O) groups is 1. The summed E-state index contributed by atoms with van der Waals surface area (Å²) in [5.41, 5.74) is 5.11. The SMILES string of the molecule is CCCCC1(C(=O)O)CCOCC1N. The summed E-state index contributed by atoms with van der Waals surface area (Å²) in [6.45, 7) is 2.94. The van der Waals surface area contributed by atoms with Gasteiger partial charge in [0.1, 0.15) is 0 Å². The van der Waals surface area contributed by atoms with Gasteiger partial charge in [0.2, 0.25) is 0 Å². The Morgan fingerprint density at radius 1 is 1.71 bits per heavy atom. The number of hydrogen-bond acceptors (Lipinski definition) is 3. The minimum absolute atomic E-state index is 0.361. The Hall–Kier alpha value is -0.610. The first-order chi connectivity index (χ1) is 6.63. The van der Waals surface area contributed by atoms with E-state index in [1.807, 2.05) is 0 Å². The lowest BCUT2D eigenvalue weighted by Crippen LogP contribution is -2.53. The zero-order valence-corrected chi connectivity index (χ0v) is 8.66. The van der Waals surface area contributed by atoms with E-state index in [0.717, 1.165) is 12.8 Å². The molecule has 0 aromatic heterocycles. The van der Waals surface area contributed by atoms with E-state index in [2.05, 4.69) is 6.92 Å². The molecule has 0 aliphatic carbocycles. The van der Waals surface area contributed by atoms with Crippen molar-refractivity contribution in [2.24, 2.45) is 11.1 Å². The standard InChI is InChI=1S/C10H19NO3/c1-2-3-4-10(9(12)13)5-6-14-7-8(10)11/h8H,2-7,11H2,1H3,(H,12,13). The van der Waals surface area contributed by atoms with Crippen LogP contribution >= 0.6 is 0 Å². The van der Waals surface area contributed by atoms with Gasteiger partial charge < -0.3 is 15.6 Å². The molecule has 0 amide bonds. The van der Waals surface area contributed by atoms with Crippen LogP contribution in [0.2, 0.25) is 0 Å². The van der Waals surface area contributed by atoms with Crippen molar-refractivity contribution in [2.45, 2.75) is 38.6 Å². The normalized spacial score (nSPS) is 32.9. The van der Waals surface area contributed by atoms with Crippen LogP contribution < -0.4 is 5.73 Å². The van der Waals surface area contributed by atoms with Crippen LogP contribution in [0.5, 0.6) is 0 Å². The van der Waals surface area contributed by atoms with Crippen molar-refractivity contribution in [1.29, 1.82) is 0 Å². The molecule has 1 saturated heterocycles. The van der Waals surface area contributed by atoms with Crippen molar-refractivity contribution in [3.8, 4) is 0 Å². The number of aliphatic carboxylic acids is 1. The molecule has 82 valence electrons. The summed E-state index contributed by atoms with van der Waals surface area (Å²) in [6.07, 6.45) is 3.13. The van der Waals surface area contributed by atoms with Gasteiger partial charge in [-0.1, -0.05) is 19.8 Å². The van der Waals surface area contributed by atoms with E-state index in [-0.39, 0.29) is 6.04 Å². The van der Waals surface area contributed by atoms with Crippen LogP contribution in [-0.4, -0.2) is 30.3 Å². The second-order valence-electron chi connectivity index (χ2n) is 4.00. The molecule has 4 nitrogen and oxygen atoms in total. The van der Waals surface area contributed by atoms with Gasteiger partial charge in [0.25, 0.3) is 0 Å². The molecule has 3 N–H and O–H groups in total. The number of ether oxygens (including phenoxy) is 1. The number of hydrogen-bond donors (Lipinski definition) is 2. The van der Waals surface area contributed by atoms with Gasteiger partial charge in [0.05, 0.1) is 12.0 Å². The van der Waals surface area contributed by atoms with Crippen LogP contribution in [0.1, 0.15) is 32.6 Å². The van der Waals surface area contributed by atoms with Crippen molar-refractivity contribution in [1.82, 2.24) is 0 Å². The van der Waals surface area contributed by atoms with E-state index < -0.39 is 11.4 Å². The highest BCUT2D eigenvalue weighted by Gasteiger charge is 2.45. The predicted molar refractivity (Wildman–Crippen MR) is 53.0 cm³/mol. The molecule has 14 heavy (non-hydrogen) atoms. The molecule has 4 heteroatoms. The summed E-state index contributed by atoms with van der Waals surface area (Å²) >= 11 is 0. The van der Waals surface area contributed by atoms with Gasteiger partial charge in [-0.2, -0.15) is 0 Å². The summed E-state index contributed by atoms with van der Waals surface area (Å²) in [5.74, 6) is -0.762. The predicted octanol–water partition coefficient (Wildman–Crippen LogP) is 0.995. The molecule has 1 aliphatic rings. The lowest BCUT2D eigenvalue weighted by atomic mass is 9.73. The smallest absolute Gasteiger partial charge is 0.311 e. The maximum atomic E-state index is 11.3. The summed E-state index contributed by atoms with van der Waals surface area (Å²) < 4.78 is 5.18. The molecule has 1 fully saturated rings. The molecular weight excluding hydrogens is 182 g/mol. The summed E-state index contributed by atoms with van der Waals surface area (Å²) in [6, 6.07) is -0.361.